The monoisotopic (exact) mass is 581 g/mol. The fourth-order valence-corrected chi connectivity index (χ4v) is 7.62. The highest BCUT2D eigenvalue weighted by atomic mass is 32.2. The minimum Gasteiger partial charge on any atom is -0.388 e. The smallest absolute Gasteiger partial charge is 0.388 e. The summed E-state index contributed by atoms with van der Waals surface area (Å²) in [7, 11) is -4.49. The molecule has 7 nitrogen and oxygen atoms in total. The molecule has 2 atom stereocenters. The highest BCUT2D eigenvalue weighted by Crippen LogP contribution is 2.41. The van der Waals surface area contributed by atoms with Crippen LogP contribution in [-0.4, -0.2) is 60.2 Å². The Bertz CT molecular complexity index is 1510. The molecule has 1 saturated heterocycles. The van der Waals surface area contributed by atoms with Crippen LogP contribution in [0.15, 0.2) is 41.3 Å². The van der Waals surface area contributed by atoms with Crippen molar-refractivity contribution in [1.82, 2.24) is 14.6 Å². The van der Waals surface area contributed by atoms with E-state index in [0.29, 0.717) is 41.3 Å². The molecule has 5 rings (SSSR count). The van der Waals surface area contributed by atoms with Crippen molar-refractivity contribution in [3.8, 4) is 10.4 Å². The Morgan fingerprint density at radius 2 is 1.92 bits per heavy atom. The topological polar surface area (TPSA) is 99.6 Å². The molecule has 1 amide bonds. The molecule has 1 aromatic heterocycles. The molecule has 2 unspecified atom stereocenters. The molecule has 0 bridgehead atoms. The number of nitrogens with one attached hydrogen (secondary N) is 1. The zero-order valence-corrected chi connectivity index (χ0v) is 23.2. The molecule has 210 valence electrons. The third kappa shape index (κ3) is 5.70. The van der Waals surface area contributed by atoms with Gasteiger partial charge in [0, 0.05) is 24.0 Å². The first kappa shape index (κ1) is 28.0. The second kappa shape index (κ2) is 10.1. The summed E-state index contributed by atoms with van der Waals surface area (Å²) >= 11 is 1.23. The number of hydrogen-bond donors (Lipinski definition) is 2. The first-order chi connectivity index (χ1) is 18.2. The van der Waals surface area contributed by atoms with Crippen molar-refractivity contribution in [1.29, 1.82) is 0 Å². The largest absolute Gasteiger partial charge is 0.404 e. The number of β-amino-alcohol motifs (C(OH)–C–C–N with tert-alkyl or cyclic N) is 1. The van der Waals surface area contributed by atoms with Gasteiger partial charge in [0.2, 0.25) is 10.0 Å². The van der Waals surface area contributed by atoms with Gasteiger partial charge >= 0.3 is 6.18 Å². The number of benzene rings is 2. The van der Waals surface area contributed by atoms with E-state index in [1.807, 2.05) is 0 Å². The van der Waals surface area contributed by atoms with Crippen LogP contribution in [0.25, 0.3) is 21.2 Å². The molecule has 2 aromatic carbocycles. The van der Waals surface area contributed by atoms with Crippen molar-refractivity contribution < 1.29 is 31.5 Å². The predicted octanol–water partition coefficient (Wildman–Crippen LogP) is 5.13. The average Bonchev–Trinajstić information content (AvgIpc) is 3.42. The number of thiazole rings is 1. The van der Waals surface area contributed by atoms with E-state index in [1.165, 1.54) is 17.4 Å². The van der Waals surface area contributed by atoms with Gasteiger partial charge in [0.1, 0.15) is 6.04 Å². The Labute approximate surface area is 229 Å². The van der Waals surface area contributed by atoms with Crippen LogP contribution >= 0.6 is 11.3 Å². The third-order valence-electron chi connectivity index (χ3n) is 7.57. The SMILES string of the molecule is CC(NS(=O)(=O)c1ccc(-c2sc(C(=O)N3CCC(C)(O)C3)nc2CC2CCC2)c2ccccc12)C(F)(F)F. The summed E-state index contributed by atoms with van der Waals surface area (Å²) in [5.41, 5.74) is 0.482. The highest BCUT2D eigenvalue weighted by molar-refractivity contribution is 7.89. The summed E-state index contributed by atoms with van der Waals surface area (Å²) in [6.45, 7) is 3.10. The zero-order chi connectivity index (χ0) is 28.2. The Balaban J connectivity index is 1.58. The number of amides is 1. The molecule has 3 aromatic rings. The van der Waals surface area contributed by atoms with Crippen molar-refractivity contribution in [3.63, 3.8) is 0 Å². The predicted molar refractivity (Wildman–Crippen MR) is 143 cm³/mol. The number of sulfonamides is 1. The maximum atomic E-state index is 13.3. The average molecular weight is 582 g/mol. The lowest BCUT2D eigenvalue weighted by Crippen LogP contribution is -2.43. The van der Waals surface area contributed by atoms with Gasteiger partial charge in [0.25, 0.3) is 5.91 Å². The first-order valence-corrected chi connectivity index (χ1v) is 15.2. The van der Waals surface area contributed by atoms with Crippen LogP contribution in [0.2, 0.25) is 0 Å². The Morgan fingerprint density at radius 1 is 1.23 bits per heavy atom. The maximum Gasteiger partial charge on any atom is 0.404 e. The van der Waals surface area contributed by atoms with E-state index in [4.69, 9.17) is 4.98 Å². The van der Waals surface area contributed by atoms with Crippen LogP contribution in [0.5, 0.6) is 0 Å². The normalized spacial score (nSPS) is 21.3. The molecule has 0 spiro atoms. The molecular formula is C27H30F3N3O4S2. The maximum absolute atomic E-state index is 13.3. The number of carbonyl (C=O) groups is 1. The van der Waals surface area contributed by atoms with Crippen molar-refractivity contribution in [3.05, 3.63) is 47.1 Å². The summed E-state index contributed by atoms with van der Waals surface area (Å²) in [5.74, 6) is 0.188. The number of hydrogen-bond acceptors (Lipinski definition) is 6. The molecule has 2 fully saturated rings. The van der Waals surface area contributed by atoms with Gasteiger partial charge in [0.05, 0.1) is 21.1 Å². The van der Waals surface area contributed by atoms with Crippen LogP contribution in [0.3, 0.4) is 0 Å². The molecule has 0 radical (unpaired) electrons. The van der Waals surface area contributed by atoms with Gasteiger partial charge in [-0.15, -0.1) is 11.3 Å². The quantitative estimate of drug-likeness (QED) is 0.403. The molecule has 1 aliphatic heterocycles. The summed E-state index contributed by atoms with van der Waals surface area (Å²) in [4.78, 5) is 20.1. The number of aromatic nitrogens is 1. The number of likely N-dealkylation sites (tertiary alicyclic amines) is 1. The molecule has 2 heterocycles. The van der Waals surface area contributed by atoms with E-state index >= 15 is 0 Å². The standard InChI is InChI=1S/C27H30F3N3O4S2/c1-16(27(28,29)30)32-39(36,37)22-11-10-20(18-8-3-4-9-19(18)22)23-21(14-17-6-5-7-17)31-24(38-23)25(34)33-13-12-26(2,35)15-33/h3-4,8-11,16-17,32,35H,5-7,12-15H2,1-2H3. The van der Waals surface area contributed by atoms with Crippen molar-refractivity contribution >= 4 is 38.0 Å². The molecule has 2 N–H and O–H groups in total. The van der Waals surface area contributed by atoms with Gasteiger partial charge in [-0.2, -0.15) is 17.9 Å². The highest BCUT2D eigenvalue weighted by Gasteiger charge is 2.39. The number of nitrogens with zero attached hydrogens (tertiary/aromatic N) is 2. The third-order valence-corrected chi connectivity index (χ3v) is 10.3. The summed E-state index contributed by atoms with van der Waals surface area (Å²) in [5, 5.41) is 11.5. The van der Waals surface area contributed by atoms with Crippen LogP contribution in [-0.2, 0) is 16.4 Å². The van der Waals surface area contributed by atoms with Gasteiger partial charge < -0.3 is 10.0 Å². The number of carbonyl (C=O) groups excluding carboxylic acids is 1. The van der Waals surface area contributed by atoms with Crippen molar-refractivity contribution in [2.75, 3.05) is 13.1 Å². The number of rotatable bonds is 7. The molecular weight excluding hydrogens is 551 g/mol. The van der Waals surface area contributed by atoms with Crippen LogP contribution < -0.4 is 4.72 Å². The Kier molecular flexibility index (Phi) is 7.28. The second-order valence-electron chi connectivity index (χ2n) is 10.8. The number of fused-ring (bicyclic) bond motifs is 1. The Hall–Kier alpha value is -2.54. The first-order valence-electron chi connectivity index (χ1n) is 12.9. The lowest BCUT2D eigenvalue weighted by molar-refractivity contribution is -0.147. The summed E-state index contributed by atoms with van der Waals surface area (Å²) in [6.07, 6.45) is -0.305. The fourth-order valence-electron chi connectivity index (χ4n) is 5.08. The summed E-state index contributed by atoms with van der Waals surface area (Å²) < 4.78 is 67.1. The van der Waals surface area contributed by atoms with Gasteiger partial charge in [0.15, 0.2) is 5.01 Å². The van der Waals surface area contributed by atoms with E-state index in [1.54, 1.807) is 46.9 Å². The van der Waals surface area contributed by atoms with E-state index < -0.39 is 27.8 Å². The van der Waals surface area contributed by atoms with Crippen LogP contribution in [0.4, 0.5) is 13.2 Å². The minimum atomic E-state index is -4.73. The molecule has 39 heavy (non-hydrogen) atoms. The number of halogens is 3. The minimum absolute atomic E-state index is 0.220. The van der Waals surface area contributed by atoms with Crippen LogP contribution in [0, 0.1) is 5.92 Å². The Morgan fingerprint density at radius 3 is 2.51 bits per heavy atom. The molecule has 2 aliphatic rings. The van der Waals surface area contributed by atoms with Crippen molar-refractivity contribution in [2.45, 2.75) is 68.7 Å². The lowest BCUT2D eigenvalue weighted by atomic mass is 9.81. The van der Waals surface area contributed by atoms with Gasteiger partial charge in [-0.3, -0.25) is 4.79 Å². The van der Waals surface area contributed by atoms with E-state index in [0.717, 1.165) is 36.8 Å². The number of aliphatic hydroxyl groups is 1. The van der Waals surface area contributed by atoms with E-state index in [9.17, 15) is 31.5 Å². The molecule has 12 heteroatoms. The summed E-state index contributed by atoms with van der Waals surface area (Å²) in [6, 6.07) is 7.31. The van der Waals surface area contributed by atoms with Gasteiger partial charge in [-0.05, 0) is 44.1 Å². The molecule has 1 aliphatic carbocycles. The molecule has 1 saturated carbocycles. The lowest BCUT2D eigenvalue weighted by Gasteiger charge is -2.25. The van der Waals surface area contributed by atoms with Gasteiger partial charge in [-0.1, -0.05) is 49.6 Å². The van der Waals surface area contributed by atoms with Crippen LogP contribution in [0.1, 0.15) is 55.0 Å². The fraction of sp³-hybridized carbons (Fsp3) is 0.481. The van der Waals surface area contributed by atoms with E-state index in [2.05, 4.69) is 0 Å². The van der Waals surface area contributed by atoms with E-state index in [-0.39, 0.29) is 22.7 Å². The van der Waals surface area contributed by atoms with Crippen molar-refractivity contribution in [2.24, 2.45) is 5.92 Å². The second-order valence-corrected chi connectivity index (χ2v) is 13.5. The number of alkyl halides is 3. The van der Waals surface area contributed by atoms with Gasteiger partial charge in [-0.25, -0.2) is 13.4 Å². The zero-order valence-electron chi connectivity index (χ0n) is 21.6.